The van der Waals surface area contributed by atoms with Crippen LogP contribution in [-0.2, 0) is 12.3 Å². The van der Waals surface area contributed by atoms with Crippen molar-refractivity contribution in [3.63, 3.8) is 0 Å². The quantitative estimate of drug-likeness (QED) is 0.713. The van der Waals surface area contributed by atoms with E-state index in [4.69, 9.17) is 4.42 Å². The monoisotopic (exact) mass is 354 g/mol. The molecule has 2 rings (SSSR count). The van der Waals surface area contributed by atoms with Crippen molar-refractivity contribution in [2.45, 2.75) is 19.2 Å². The Balaban J connectivity index is 1.58. The largest absolute Gasteiger partial charge is 0.464 e. The number of amides is 2. The zero-order valence-electron chi connectivity index (χ0n) is 13.6. The minimum Gasteiger partial charge on any atom is -0.464 e. The standard InChI is InChI=1S/C15H22N4O2S2/c1-11-9-23-15(17-11)18-14(20)16-6-7-22-10-13-5-4-12(21-13)8-19(2)3/h4-5,9H,6-8,10H2,1-3H3,(H2,16,17,18,20). The van der Waals surface area contributed by atoms with E-state index in [1.165, 1.54) is 11.3 Å². The molecule has 0 aliphatic rings. The summed E-state index contributed by atoms with van der Waals surface area (Å²) in [5, 5.41) is 8.06. The number of aromatic nitrogens is 1. The summed E-state index contributed by atoms with van der Waals surface area (Å²) in [6.45, 7) is 3.31. The predicted molar refractivity (Wildman–Crippen MR) is 96.1 cm³/mol. The molecule has 2 amide bonds. The van der Waals surface area contributed by atoms with E-state index in [0.29, 0.717) is 11.7 Å². The molecule has 6 nitrogen and oxygen atoms in total. The van der Waals surface area contributed by atoms with Crippen LogP contribution in [0.2, 0.25) is 0 Å². The van der Waals surface area contributed by atoms with Crippen LogP contribution in [0.4, 0.5) is 9.93 Å². The van der Waals surface area contributed by atoms with Gasteiger partial charge in [-0.05, 0) is 33.2 Å². The summed E-state index contributed by atoms with van der Waals surface area (Å²) in [6, 6.07) is 3.81. The summed E-state index contributed by atoms with van der Waals surface area (Å²) in [7, 11) is 4.03. The average Bonchev–Trinajstić information content (AvgIpc) is 3.07. The van der Waals surface area contributed by atoms with Crippen molar-refractivity contribution in [1.82, 2.24) is 15.2 Å². The third-order valence-corrected chi connectivity index (χ3v) is 4.66. The van der Waals surface area contributed by atoms with Crippen LogP contribution in [0, 0.1) is 6.92 Å². The number of hydrogen-bond acceptors (Lipinski definition) is 6. The van der Waals surface area contributed by atoms with Crippen molar-refractivity contribution in [2.75, 3.05) is 31.7 Å². The van der Waals surface area contributed by atoms with Crippen LogP contribution in [0.1, 0.15) is 17.2 Å². The third kappa shape index (κ3) is 6.64. The molecule has 0 aliphatic heterocycles. The Kier molecular flexibility index (Phi) is 6.94. The van der Waals surface area contributed by atoms with E-state index in [2.05, 4.69) is 20.5 Å². The van der Waals surface area contributed by atoms with Crippen LogP contribution < -0.4 is 10.6 Å². The number of urea groups is 1. The number of hydrogen-bond donors (Lipinski definition) is 2. The Hall–Kier alpha value is -1.51. The highest BCUT2D eigenvalue weighted by molar-refractivity contribution is 7.98. The summed E-state index contributed by atoms with van der Waals surface area (Å²) in [5.41, 5.74) is 0.910. The predicted octanol–water partition coefficient (Wildman–Crippen LogP) is 3.16. The van der Waals surface area contributed by atoms with Gasteiger partial charge >= 0.3 is 6.03 Å². The van der Waals surface area contributed by atoms with Crippen LogP contribution in [0.25, 0.3) is 0 Å². The highest BCUT2D eigenvalue weighted by atomic mass is 32.2. The van der Waals surface area contributed by atoms with Gasteiger partial charge in [-0.25, -0.2) is 9.78 Å². The number of thioether (sulfide) groups is 1. The first kappa shape index (κ1) is 17.8. The van der Waals surface area contributed by atoms with Crippen LogP contribution in [0.5, 0.6) is 0 Å². The smallest absolute Gasteiger partial charge is 0.321 e. The molecule has 0 aliphatic carbocycles. The molecule has 0 fully saturated rings. The van der Waals surface area contributed by atoms with Crippen molar-refractivity contribution in [2.24, 2.45) is 0 Å². The van der Waals surface area contributed by atoms with Gasteiger partial charge in [-0.2, -0.15) is 11.8 Å². The summed E-state index contributed by atoms with van der Waals surface area (Å²) in [5.74, 6) is 3.58. The van der Waals surface area contributed by atoms with Crippen molar-refractivity contribution < 1.29 is 9.21 Å². The second kappa shape index (κ2) is 8.95. The first-order valence-corrected chi connectivity index (χ1v) is 9.33. The first-order chi connectivity index (χ1) is 11.0. The molecule has 23 heavy (non-hydrogen) atoms. The Morgan fingerprint density at radius 3 is 2.87 bits per heavy atom. The van der Waals surface area contributed by atoms with E-state index >= 15 is 0 Å². The van der Waals surface area contributed by atoms with E-state index in [9.17, 15) is 4.79 Å². The lowest BCUT2D eigenvalue weighted by Crippen LogP contribution is -2.30. The summed E-state index contributed by atoms with van der Waals surface area (Å²) in [4.78, 5) is 17.9. The van der Waals surface area contributed by atoms with Crippen LogP contribution in [0.3, 0.4) is 0 Å². The minimum atomic E-state index is -0.216. The number of carbonyl (C=O) groups is 1. The van der Waals surface area contributed by atoms with Gasteiger partial charge < -0.3 is 14.6 Å². The van der Waals surface area contributed by atoms with Gasteiger partial charge in [-0.3, -0.25) is 5.32 Å². The molecule has 2 aromatic rings. The average molecular weight is 355 g/mol. The summed E-state index contributed by atoms with van der Waals surface area (Å²) >= 11 is 3.15. The fourth-order valence-corrected chi connectivity index (χ4v) is 3.29. The first-order valence-electron chi connectivity index (χ1n) is 7.30. The number of nitrogens with zero attached hydrogens (tertiary/aromatic N) is 2. The summed E-state index contributed by atoms with van der Waals surface area (Å²) < 4.78 is 5.73. The van der Waals surface area contributed by atoms with Crippen molar-refractivity contribution >= 4 is 34.3 Å². The number of carbonyl (C=O) groups excluding carboxylic acids is 1. The molecular weight excluding hydrogens is 332 g/mol. The van der Waals surface area contributed by atoms with Crippen molar-refractivity contribution in [3.05, 3.63) is 34.7 Å². The molecule has 8 heteroatoms. The van der Waals surface area contributed by atoms with Gasteiger partial charge in [0.15, 0.2) is 5.13 Å². The zero-order valence-corrected chi connectivity index (χ0v) is 15.2. The molecular formula is C15H22N4O2S2. The fraction of sp³-hybridized carbons (Fsp3) is 0.467. The maximum Gasteiger partial charge on any atom is 0.321 e. The number of furan rings is 1. The van der Waals surface area contributed by atoms with E-state index in [0.717, 1.165) is 35.3 Å². The van der Waals surface area contributed by atoms with Gasteiger partial charge in [0.05, 0.1) is 18.0 Å². The molecule has 0 atom stereocenters. The van der Waals surface area contributed by atoms with Gasteiger partial charge in [0.1, 0.15) is 11.5 Å². The Bertz CT molecular complexity index is 625. The van der Waals surface area contributed by atoms with Crippen LogP contribution >= 0.6 is 23.1 Å². The Morgan fingerprint density at radius 1 is 1.39 bits per heavy atom. The van der Waals surface area contributed by atoms with Crippen LogP contribution in [0.15, 0.2) is 21.9 Å². The Morgan fingerprint density at radius 2 is 2.17 bits per heavy atom. The van der Waals surface area contributed by atoms with Crippen molar-refractivity contribution in [3.8, 4) is 0 Å². The van der Waals surface area contributed by atoms with Gasteiger partial charge in [-0.1, -0.05) is 0 Å². The molecule has 2 aromatic heterocycles. The molecule has 0 spiro atoms. The van der Waals surface area contributed by atoms with Gasteiger partial charge in [-0.15, -0.1) is 11.3 Å². The Labute approximate surface area is 144 Å². The number of aryl methyl sites for hydroxylation is 1. The highest BCUT2D eigenvalue weighted by Crippen LogP contribution is 2.16. The maximum atomic E-state index is 11.7. The molecule has 2 heterocycles. The van der Waals surface area contributed by atoms with Crippen molar-refractivity contribution in [1.29, 1.82) is 0 Å². The minimum absolute atomic E-state index is 0.216. The molecule has 0 radical (unpaired) electrons. The van der Waals surface area contributed by atoms with Gasteiger partial charge in [0.25, 0.3) is 0 Å². The van der Waals surface area contributed by atoms with E-state index in [1.54, 1.807) is 11.8 Å². The van der Waals surface area contributed by atoms with Gasteiger partial charge in [0, 0.05) is 17.7 Å². The molecule has 126 valence electrons. The fourth-order valence-electron chi connectivity index (χ4n) is 1.86. The molecule has 0 aromatic carbocycles. The number of nitrogens with one attached hydrogen (secondary N) is 2. The lowest BCUT2D eigenvalue weighted by Gasteiger charge is -2.06. The van der Waals surface area contributed by atoms with Gasteiger partial charge in [0.2, 0.25) is 0 Å². The zero-order chi connectivity index (χ0) is 16.7. The van der Waals surface area contributed by atoms with E-state index in [1.807, 2.05) is 38.5 Å². The second-order valence-corrected chi connectivity index (χ2v) is 7.30. The molecule has 0 saturated heterocycles. The molecule has 0 saturated carbocycles. The molecule has 0 unspecified atom stereocenters. The summed E-state index contributed by atoms with van der Waals surface area (Å²) in [6.07, 6.45) is 0. The van der Waals surface area contributed by atoms with E-state index in [-0.39, 0.29) is 6.03 Å². The SMILES string of the molecule is Cc1csc(NC(=O)NCCSCc2ccc(CN(C)C)o2)n1. The number of rotatable bonds is 8. The highest BCUT2D eigenvalue weighted by Gasteiger charge is 2.05. The maximum absolute atomic E-state index is 11.7. The molecule has 2 N–H and O–H groups in total. The lowest BCUT2D eigenvalue weighted by atomic mass is 10.4. The number of thiazole rings is 1. The van der Waals surface area contributed by atoms with Crippen LogP contribution in [-0.4, -0.2) is 42.3 Å². The second-order valence-electron chi connectivity index (χ2n) is 5.33. The normalized spacial score (nSPS) is 11.0. The number of anilines is 1. The van der Waals surface area contributed by atoms with E-state index < -0.39 is 0 Å². The lowest BCUT2D eigenvalue weighted by molar-refractivity contribution is 0.252. The topological polar surface area (TPSA) is 70.4 Å². The third-order valence-electron chi connectivity index (χ3n) is 2.81. The molecule has 0 bridgehead atoms.